The summed E-state index contributed by atoms with van der Waals surface area (Å²) < 4.78 is 1.28. The molecule has 0 radical (unpaired) electrons. The molecule has 1 aromatic heterocycles. The van der Waals surface area contributed by atoms with Crippen LogP contribution in [0.5, 0.6) is 0 Å². The van der Waals surface area contributed by atoms with E-state index >= 15 is 0 Å². The summed E-state index contributed by atoms with van der Waals surface area (Å²) in [7, 11) is 0. The lowest BCUT2D eigenvalue weighted by molar-refractivity contribution is 0.134. The molecule has 0 aromatic carbocycles. The Bertz CT molecular complexity index is 393. The lowest BCUT2D eigenvalue weighted by Crippen LogP contribution is -2.33. The van der Waals surface area contributed by atoms with E-state index in [1.807, 2.05) is 11.3 Å². The molecule has 1 fully saturated rings. The Labute approximate surface area is 123 Å². The number of thiophene rings is 1. The second-order valence-electron chi connectivity index (χ2n) is 6.61. The van der Waals surface area contributed by atoms with E-state index in [4.69, 9.17) is 5.73 Å². The summed E-state index contributed by atoms with van der Waals surface area (Å²) in [5.41, 5.74) is 6.41. The first-order chi connectivity index (χ1) is 8.43. The van der Waals surface area contributed by atoms with E-state index in [0.29, 0.717) is 17.3 Å². The number of hydrogen-bond acceptors (Lipinski definition) is 2. The van der Waals surface area contributed by atoms with E-state index in [0.717, 1.165) is 12.5 Å². The van der Waals surface area contributed by atoms with Gasteiger partial charge in [-0.25, -0.2) is 0 Å². The smallest absolute Gasteiger partial charge is 0.0317 e. The first kappa shape index (κ1) is 14.5. The molecule has 1 saturated carbocycles. The van der Waals surface area contributed by atoms with Gasteiger partial charge in [0.2, 0.25) is 0 Å². The highest BCUT2D eigenvalue weighted by Gasteiger charge is 2.37. The predicted octanol–water partition coefficient (Wildman–Crippen LogP) is 5.02. The van der Waals surface area contributed by atoms with Crippen molar-refractivity contribution >= 4 is 27.3 Å². The van der Waals surface area contributed by atoms with Gasteiger partial charge >= 0.3 is 0 Å². The van der Waals surface area contributed by atoms with Gasteiger partial charge in [-0.3, -0.25) is 0 Å². The van der Waals surface area contributed by atoms with Crippen molar-refractivity contribution in [3.63, 3.8) is 0 Å². The maximum absolute atomic E-state index is 5.99. The highest BCUT2D eigenvalue weighted by molar-refractivity contribution is 9.10. The number of nitrogens with two attached hydrogens (primary N) is 1. The molecule has 0 bridgehead atoms. The molecule has 0 spiro atoms. The minimum atomic E-state index is 0.418. The molecule has 3 unspecified atom stereocenters. The Hall–Kier alpha value is 0.140. The van der Waals surface area contributed by atoms with Crippen molar-refractivity contribution in [3.05, 3.63) is 20.8 Å². The standard InChI is InChI=1S/C15H24BrNS/c1-15(2,3)11-5-4-10(9-17)12(8-11)14-13(16)6-7-18-14/h6-7,10-12H,4-5,8-9,17H2,1-3H3. The quantitative estimate of drug-likeness (QED) is 0.810. The Balaban J connectivity index is 2.21. The van der Waals surface area contributed by atoms with Crippen molar-refractivity contribution in [2.75, 3.05) is 6.54 Å². The SMILES string of the molecule is CC(C)(C)C1CCC(CN)C(c2sccc2Br)C1. The van der Waals surface area contributed by atoms with E-state index < -0.39 is 0 Å². The highest BCUT2D eigenvalue weighted by Crippen LogP contribution is 2.49. The van der Waals surface area contributed by atoms with Crippen LogP contribution >= 0.6 is 27.3 Å². The van der Waals surface area contributed by atoms with Crippen molar-refractivity contribution in [3.8, 4) is 0 Å². The second kappa shape index (κ2) is 5.64. The van der Waals surface area contributed by atoms with Gasteiger partial charge in [0.1, 0.15) is 0 Å². The monoisotopic (exact) mass is 329 g/mol. The number of rotatable bonds is 2. The van der Waals surface area contributed by atoms with Gasteiger partial charge in [-0.2, -0.15) is 0 Å². The summed E-state index contributed by atoms with van der Waals surface area (Å²) in [6, 6.07) is 2.17. The van der Waals surface area contributed by atoms with Gasteiger partial charge in [-0.15, -0.1) is 11.3 Å². The Morgan fingerprint density at radius 1 is 1.39 bits per heavy atom. The molecule has 1 aliphatic carbocycles. The summed E-state index contributed by atoms with van der Waals surface area (Å²) >= 11 is 5.58. The molecule has 1 nitrogen and oxygen atoms in total. The fraction of sp³-hybridized carbons (Fsp3) is 0.733. The third kappa shape index (κ3) is 3.00. The average molecular weight is 330 g/mol. The molecular formula is C15H24BrNS. The number of halogens is 1. The van der Waals surface area contributed by atoms with Gasteiger partial charge in [-0.05, 0) is 76.4 Å². The second-order valence-corrected chi connectivity index (χ2v) is 8.41. The molecule has 2 rings (SSSR count). The van der Waals surface area contributed by atoms with Crippen LogP contribution < -0.4 is 5.73 Å². The molecule has 102 valence electrons. The topological polar surface area (TPSA) is 26.0 Å². The molecule has 1 aromatic rings. The highest BCUT2D eigenvalue weighted by atomic mass is 79.9. The Morgan fingerprint density at radius 2 is 2.11 bits per heavy atom. The van der Waals surface area contributed by atoms with Crippen molar-refractivity contribution in [2.24, 2.45) is 23.0 Å². The Morgan fingerprint density at radius 3 is 2.61 bits per heavy atom. The van der Waals surface area contributed by atoms with E-state index in [-0.39, 0.29) is 0 Å². The van der Waals surface area contributed by atoms with Gasteiger partial charge in [-0.1, -0.05) is 20.8 Å². The minimum absolute atomic E-state index is 0.418. The van der Waals surface area contributed by atoms with Gasteiger partial charge in [0.25, 0.3) is 0 Å². The first-order valence-electron chi connectivity index (χ1n) is 6.86. The fourth-order valence-electron chi connectivity index (χ4n) is 3.19. The van der Waals surface area contributed by atoms with Crippen molar-refractivity contribution in [1.82, 2.24) is 0 Å². The van der Waals surface area contributed by atoms with E-state index in [9.17, 15) is 0 Å². The van der Waals surface area contributed by atoms with Crippen molar-refractivity contribution in [1.29, 1.82) is 0 Å². The average Bonchev–Trinajstić information content (AvgIpc) is 2.73. The molecule has 0 aliphatic heterocycles. The molecule has 2 N–H and O–H groups in total. The molecule has 1 aliphatic rings. The lowest BCUT2D eigenvalue weighted by Gasteiger charge is -2.41. The zero-order valence-corrected chi connectivity index (χ0v) is 14.0. The molecule has 18 heavy (non-hydrogen) atoms. The van der Waals surface area contributed by atoms with Crippen LogP contribution in [0, 0.1) is 17.3 Å². The Kier molecular flexibility index (Phi) is 4.56. The van der Waals surface area contributed by atoms with E-state index in [1.165, 1.54) is 28.6 Å². The molecule has 3 heteroatoms. The van der Waals surface area contributed by atoms with Crippen LogP contribution in [-0.2, 0) is 0 Å². The predicted molar refractivity (Wildman–Crippen MR) is 84.1 cm³/mol. The molecule has 0 amide bonds. The van der Waals surface area contributed by atoms with Crippen LogP contribution in [-0.4, -0.2) is 6.54 Å². The molecule has 3 atom stereocenters. The summed E-state index contributed by atoms with van der Waals surface area (Å²) in [6.45, 7) is 7.95. The maximum Gasteiger partial charge on any atom is 0.0317 e. The van der Waals surface area contributed by atoms with Gasteiger partial charge < -0.3 is 5.73 Å². The molecule has 1 heterocycles. The zero-order chi connectivity index (χ0) is 13.3. The van der Waals surface area contributed by atoms with Crippen LogP contribution in [0.25, 0.3) is 0 Å². The first-order valence-corrected chi connectivity index (χ1v) is 8.53. The summed E-state index contributed by atoms with van der Waals surface area (Å²) in [4.78, 5) is 1.51. The largest absolute Gasteiger partial charge is 0.330 e. The van der Waals surface area contributed by atoms with Gasteiger partial charge in [0, 0.05) is 9.35 Å². The van der Waals surface area contributed by atoms with Crippen molar-refractivity contribution in [2.45, 2.75) is 46.0 Å². The van der Waals surface area contributed by atoms with Gasteiger partial charge in [0.05, 0.1) is 0 Å². The van der Waals surface area contributed by atoms with Crippen LogP contribution in [0.4, 0.5) is 0 Å². The van der Waals surface area contributed by atoms with Crippen LogP contribution in [0.3, 0.4) is 0 Å². The van der Waals surface area contributed by atoms with Crippen LogP contribution in [0.1, 0.15) is 50.8 Å². The summed E-state index contributed by atoms with van der Waals surface area (Å²) in [6.07, 6.45) is 3.92. The minimum Gasteiger partial charge on any atom is -0.330 e. The molecular weight excluding hydrogens is 306 g/mol. The van der Waals surface area contributed by atoms with E-state index in [1.54, 1.807) is 0 Å². The fourth-order valence-corrected chi connectivity index (χ4v) is 5.07. The van der Waals surface area contributed by atoms with Crippen molar-refractivity contribution < 1.29 is 0 Å². The third-order valence-electron chi connectivity index (χ3n) is 4.50. The summed E-state index contributed by atoms with van der Waals surface area (Å²) in [5, 5.41) is 2.19. The maximum atomic E-state index is 5.99. The summed E-state index contributed by atoms with van der Waals surface area (Å²) in [5.74, 6) is 2.14. The molecule has 0 saturated heterocycles. The van der Waals surface area contributed by atoms with E-state index in [2.05, 4.69) is 48.1 Å². The van der Waals surface area contributed by atoms with Crippen LogP contribution in [0.2, 0.25) is 0 Å². The normalized spacial score (nSPS) is 29.5. The lowest BCUT2D eigenvalue weighted by atomic mass is 9.65. The third-order valence-corrected chi connectivity index (χ3v) is 6.51. The van der Waals surface area contributed by atoms with Gasteiger partial charge in [0.15, 0.2) is 0 Å². The van der Waals surface area contributed by atoms with Crippen LogP contribution in [0.15, 0.2) is 15.9 Å². The number of hydrogen-bond donors (Lipinski definition) is 1. The zero-order valence-electron chi connectivity index (χ0n) is 11.6.